The molecule has 3 aromatic rings. The van der Waals surface area contributed by atoms with Crippen LogP contribution < -0.4 is 10.9 Å². The number of amides is 1. The number of aryl methyl sites for hydroxylation is 2. The second-order valence-electron chi connectivity index (χ2n) is 4.55. The molecule has 112 valence electrons. The topological polar surface area (TPSA) is 106 Å². The molecule has 0 aliphatic rings. The molecular formula is C13H12N6O2S. The SMILES string of the molecule is Cc1ccc(-c2nc(NC(=O)c3ccc(=O)n(C)n3)n[nH]2)s1. The number of carbonyl (C=O) groups is 1. The van der Waals surface area contributed by atoms with Crippen LogP contribution in [-0.4, -0.2) is 30.9 Å². The van der Waals surface area contributed by atoms with E-state index in [1.54, 1.807) is 11.3 Å². The Bertz CT molecular complexity index is 894. The third kappa shape index (κ3) is 2.79. The van der Waals surface area contributed by atoms with Gasteiger partial charge in [-0.1, -0.05) is 0 Å². The first kappa shape index (κ1) is 14.1. The maximum Gasteiger partial charge on any atom is 0.278 e. The van der Waals surface area contributed by atoms with Crippen LogP contribution in [0.1, 0.15) is 15.4 Å². The van der Waals surface area contributed by atoms with E-state index in [-0.39, 0.29) is 17.2 Å². The van der Waals surface area contributed by atoms with Gasteiger partial charge in [-0.25, -0.2) is 4.68 Å². The van der Waals surface area contributed by atoms with Gasteiger partial charge in [0, 0.05) is 18.0 Å². The molecule has 0 unspecified atom stereocenters. The molecule has 3 heterocycles. The number of H-pyrrole nitrogens is 1. The molecular weight excluding hydrogens is 304 g/mol. The highest BCUT2D eigenvalue weighted by molar-refractivity contribution is 7.15. The Kier molecular flexibility index (Phi) is 3.55. The van der Waals surface area contributed by atoms with Gasteiger partial charge in [0.2, 0.25) is 5.95 Å². The number of nitrogens with zero attached hydrogens (tertiary/aromatic N) is 4. The second-order valence-corrected chi connectivity index (χ2v) is 5.84. The number of carbonyl (C=O) groups excluding carboxylic acids is 1. The lowest BCUT2D eigenvalue weighted by Crippen LogP contribution is -2.23. The average molecular weight is 316 g/mol. The average Bonchev–Trinajstić information content (AvgIpc) is 3.10. The fourth-order valence-corrected chi connectivity index (χ4v) is 2.59. The van der Waals surface area contributed by atoms with Gasteiger partial charge < -0.3 is 0 Å². The predicted molar refractivity (Wildman–Crippen MR) is 81.9 cm³/mol. The third-order valence-corrected chi connectivity index (χ3v) is 3.89. The van der Waals surface area contributed by atoms with Gasteiger partial charge in [-0.15, -0.1) is 16.4 Å². The molecule has 0 fully saturated rings. The summed E-state index contributed by atoms with van der Waals surface area (Å²) < 4.78 is 1.09. The summed E-state index contributed by atoms with van der Waals surface area (Å²) in [6.45, 7) is 2.00. The third-order valence-electron chi connectivity index (χ3n) is 2.88. The van der Waals surface area contributed by atoms with Crippen molar-refractivity contribution in [3.05, 3.63) is 45.2 Å². The van der Waals surface area contributed by atoms with Gasteiger partial charge in [-0.05, 0) is 25.1 Å². The summed E-state index contributed by atoms with van der Waals surface area (Å²) in [6, 6.07) is 6.55. The van der Waals surface area contributed by atoms with Crippen LogP contribution >= 0.6 is 11.3 Å². The first-order valence-electron chi connectivity index (χ1n) is 6.38. The van der Waals surface area contributed by atoms with Gasteiger partial charge >= 0.3 is 0 Å². The standard InChI is InChI=1S/C13H12N6O2S/c1-7-3-5-9(22-7)11-14-13(17-16-11)15-12(21)8-4-6-10(20)19(2)18-8/h3-6H,1-2H3,(H2,14,15,16,17,21). The van der Waals surface area contributed by atoms with Crippen LogP contribution in [0.5, 0.6) is 0 Å². The molecule has 0 aliphatic carbocycles. The molecule has 0 saturated carbocycles. The molecule has 3 rings (SSSR count). The van der Waals surface area contributed by atoms with Gasteiger partial charge in [0.1, 0.15) is 5.69 Å². The first-order valence-corrected chi connectivity index (χ1v) is 7.19. The zero-order valence-corrected chi connectivity index (χ0v) is 12.6. The normalized spacial score (nSPS) is 10.6. The van der Waals surface area contributed by atoms with Gasteiger partial charge in [-0.3, -0.25) is 20.0 Å². The summed E-state index contributed by atoms with van der Waals surface area (Å²) in [5, 5.41) is 13.1. The molecule has 8 nitrogen and oxygen atoms in total. The molecule has 22 heavy (non-hydrogen) atoms. The van der Waals surface area contributed by atoms with Gasteiger partial charge in [0.05, 0.1) is 4.88 Å². The maximum absolute atomic E-state index is 12.0. The molecule has 1 amide bonds. The Balaban J connectivity index is 1.78. The lowest BCUT2D eigenvalue weighted by atomic mass is 10.4. The smallest absolute Gasteiger partial charge is 0.278 e. The summed E-state index contributed by atoms with van der Waals surface area (Å²) in [5.74, 6) is 0.257. The molecule has 2 N–H and O–H groups in total. The first-order chi connectivity index (χ1) is 10.5. The van der Waals surface area contributed by atoms with Crippen LogP contribution in [0.4, 0.5) is 5.95 Å². The molecule has 0 aliphatic heterocycles. The minimum atomic E-state index is -0.483. The summed E-state index contributed by atoms with van der Waals surface area (Å²) in [6.07, 6.45) is 0. The van der Waals surface area contributed by atoms with E-state index in [0.29, 0.717) is 5.82 Å². The monoisotopic (exact) mass is 316 g/mol. The summed E-state index contributed by atoms with van der Waals surface area (Å²) in [5.41, 5.74) is -0.176. The number of aromatic amines is 1. The number of aromatic nitrogens is 5. The molecule has 0 aromatic carbocycles. The van der Waals surface area contributed by atoms with Crippen molar-refractivity contribution in [3.63, 3.8) is 0 Å². The van der Waals surface area contributed by atoms with Crippen molar-refractivity contribution in [1.82, 2.24) is 25.0 Å². The summed E-state index contributed by atoms with van der Waals surface area (Å²) >= 11 is 1.58. The number of anilines is 1. The summed E-state index contributed by atoms with van der Waals surface area (Å²) in [4.78, 5) is 29.6. The largest absolute Gasteiger partial charge is 0.288 e. The minimum Gasteiger partial charge on any atom is -0.288 e. The van der Waals surface area contributed by atoms with Gasteiger partial charge in [0.15, 0.2) is 5.82 Å². The van der Waals surface area contributed by atoms with Crippen LogP contribution in [-0.2, 0) is 7.05 Å². The molecule has 3 aromatic heterocycles. The molecule has 0 atom stereocenters. The highest BCUT2D eigenvalue weighted by atomic mass is 32.1. The van der Waals surface area contributed by atoms with Crippen LogP contribution in [0.15, 0.2) is 29.1 Å². The van der Waals surface area contributed by atoms with Crippen molar-refractivity contribution in [1.29, 1.82) is 0 Å². The highest BCUT2D eigenvalue weighted by Crippen LogP contribution is 2.24. The highest BCUT2D eigenvalue weighted by Gasteiger charge is 2.13. The van der Waals surface area contributed by atoms with Crippen molar-refractivity contribution >= 4 is 23.2 Å². The van der Waals surface area contributed by atoms with E-state index in [9.17, 15) is 9.59 Å². The molecule has 0 spiro atoms. The van der Waals surface area contributed by atoms with Gasteiger partial charge in [-0.2, -0.15) is 10.1 Å². The molecule has 9 heteroatoms. The Hall–Kier alpha value is -2.81. The van der Waals surface area contributed by atoms with Crippen molar-refractivity contribution in [2.24, 2.45) is 7.05 Å². The van der Waals surface area contributed by atoms with Crippen molar-refractivity contribution in [2.45, 2.75) is 6.92 Å². The van der Waals surface area contributed by atoms with E-state index in [2.05, 4.69) is 25.6 Å². The number of thiophene rings is 1. The minimum absolute atomic E-state index is 0.111. The van der Waals surface area contributed by atoms with Crippen LogP contribution in [0.2, 0.25) is 0 Å². The van der Waals surface area contributed by atoms with Crippen LogP contribution in [0, 0.1) is 6.92 Å². The predicted octanol–water partition coefficient (Wildman–Crippen LogP) is 1.19. The van der Waals surface area contributed by atoms with Crippen LogP contribution in [0.25, 0.3) is 10.7 Å². The zero-order valence-electron chi connectivity index (χ0n) is 11.8. The summed E-state index contributed by atoms with van der Waals surface area (Å²) in [7, 11) is 1.48. The maximum atomic E-state index is 12.0. The second kappa shape index (κ2) is 5.53. The van der Waals surface area contributed by atoms with E-state index >= 15 is 0 Å². The number of hydrogen-bond acceptors (Lipinski definition) is 6. The molecule has 0 saturated heterocycles. The lowest BCUT2D eigenvalue weighted by molar-refractivity contribution is 0.101. The van der Waals surface area contributed by atoms with Crippen molar-refractivity contribution in [3.8, 4) is 10.7 Å². The quantitative estimate of drug-likeness (QED) is 0.755. The van der Waals surface area contributed by atoms with Crippen molar-refractivity contribution in [2.75, 3.05) is 5.32 Å². The number of rotatable bonds is 3. The van der Waals surface area contributed by atoms with E-state index in [1.807, 2.05) is 19.1 Å². The van der Waals surface area contributed by atoms with E-state index < -0.39 is 5.91 Å². The van der Waals surface area contributed by atoms with Crippen molar-refractivity contribution < 1.29 is 4.79 Å². The zero-order chi connectivity index (χ0) is 15.7. The molecule has 0 radical (unpaired) electrons. The van der Waals surface area contributed by atoms with E-state index in [1.165, 1.54) is 19.2 Å². The Morgan fingerprint density at radius 2 is 2.14 bits per heavy atom. The number of nitrogens with one attached hydrogen (secondary N) is 2. The van der Waals surface area contributed by atoms with Gasteiger partial charge in [0.25, 0.3) is 11.5 Å². The van der Waals surface area contributed by atoms with E-state index in [4.69, 9.17) is 0 Å². The fraction of sp³-hybridized carbons (Fsp3) is 0.154. The Morgan fingerprint density at radius 3 is 2.82 bits per heavy atom. The fourth-order valence-electron chi connectivity index (χ4n) is 1.78. The Labute approximate surface area is 128 Å². The van der Waals surface area contributed by atoms with E-state index in [0.717, 1.165) is 14.4 Å². The number of hydrogen-bond donors (Lipinski definition) is 2. The Morgan fingerprint density at radius 1 is 1.32 bits per heavy atom. The van der Waals surface area contributed by atoms with Crippen LogP contribution in [0.3, 0.4) is 0 Å². The lowest BCUT2D eigenvalue weighted by Gasteiger charge is -2.01. The molecule has 0 bridgehead atoms.